The molecule has 0 aromatic heterocycles. The fourth-order valence-electron chi connectivity index (χ4n) is 7.71. The van der Waals surface area contributed by atoms with Crippen LogP contribution in [0.1, 0.15) is 53.4 Å². The maximum Gasteiger partial charge on any atom is 0.216 e. The first kappa shape index (κ1) is 25.6. The quantitative estimate of drug-likeness (QED) is 0.492. The number of hydrogen-bond donors (Lipinski definition) is 3. The molecular weight excluding hydrogens is 457 g/mol. The number of carbonyl (C=O) groups excluding carboxylic acids is 3. The molecular formula is C26H36FNO5S. The summed E-state index contributed by atoms with van der Waals surface area (Å²) in [6.07, 6.45) is 4.66. The number of thioether (sulfide) groups is 1. The molecule has 4 rings (SSSR count). The number of Topliss-reactive ketones (excluding diaryl/α,β-unsaturated/α-hetero) is 1. The third-order valence-corrected chi connectivity index (χ3v) is 10.5. The van der Waals surface area contributed by atoms with E-state index in [0.717, 1.165) is 0 Å². The van der Waals surface area contributed by atoms with E-state index in [4.69, 9.17) is 0 Å². The molecule has 0 radical (unpaired) electrons. The van der Waals surface area contributed by atoms with Gasteiger partial charge in [0, 0.05) is 36.0 Å². The summed E-state index contributed by atoms with van der Waals surface area (Å²) in [5.74, 6) is -1.09. The van der Waals surface area contributed by atoms with Crippen molar-refractivity contribution in [1.29, 1.82) is 0 Å². The van der Waals surface area contributed by atoms with Crippen LogP contribution in [0, 0.1) is 28.6 Å². The zero-order valence-electron chi connectivity index (χ0n) is 20.4. The van der Waals surface area contributed by atoms with Gasteiger partial charge in [0.05, 0.1) is 11.9 Å². The van der Waals surface area contributed by atoms with E-state index in [-0.39, 0.29) is 41.5 Å². The Morgan fingerprint density at radius 1 is 1.29 bits per heavy atom. The number of ketones is 2. The SMILES string of the molecule is CC(=O)NCCSCC(=O)[C@@]1(O)[C@@H](C)C[C@H]2[C@@H]3CCC4=CC(=O)C=C[C@]4(C)[C@@]3(F)[C@@H](O)C[C@@]21C. The Hall–Kier alpha value is -1.51. The first-order valence-corrected chi connectivity index (χ1v) is 13.4. The van der Waals surface area contributed by atoms with Gasteiger partial charge in [-0.3, -0.25) is 14.4 Å². The van der Waals surface area contributed by atoms with Crippen LogP contribution in [0.2, 0.25) is 0 Å². The van der Waals surface area contributed by atoms with Crippen LogP contribution in [-0.4, -0.2) is 63.1 Å². The molecule has 0 unspecified atom stereocenters. The minimum Gasteiger partial charge on any atom is -0.390 e. The number of amides is 1. The van der Waals surface area contributed by atoms with E-state index >= 15 is 4.39 Å². The number of aliphatic hydroxyl groups excluding tert-OH is 1. The average Bonchev–Trinajstić information content (AvgIpc) is 2.96. The standard InChI is InChI=1S/C26H36FNO5S/c1-15-11-20-19-6-5-17-12-18(30)7-8-23(17,3)25(19,27)21(31)13-24(20,4)26(15,33)22(32)14-34-10-9-28-16(2)29/h7-8,12,15,19-21,31,33H,5-6,9-11,13-14H2,1-4H3,(H,28,29)/t15-,19-,20-,21-,23-,24-,25-,26-/m0/s1. The lowest BCUT2D eigenvalue weighted by Gasteiger charge is -2.62. The minimum absolute atomic E-state index is 0.0154. The molecule has 3 saturated carbocycles. The summed E-state index contributed by atoms with van der Waals surface area (Å²) < 4.78 is 17.1. The first-order valence-electron chi connectivity index (χ1n) is 12.2. The number of nitrogens with one attached hydrogen (secondary N) is 1. The molecule has 4 aliphatic carbocycles. The molecule has 0 bridgehead atoms. The molecule has 0 saturated heterocycles. The summed E-state index contributed by atoms with van der Waals surface area (Å²) in [4.78, 5) is 36.4. The Kier molecular flexibility index (Phi) is 6.44. The molecule has 1 amide bonds. The second-order valence-electron chi connectivity index (χ2n) is 11.1. The molecule has 0 aliphatic heterocycles. The van der Waals surface area contributed by atoms with Crippen LogP contribution in [0.15, 0.2) is 23.8 Å². The molecule has 0 heterocycles. The van der Waals surface area contributed by atoms with E-state index in [1.165, 1.54) is 30.8 Å². The monoisotopic (exact) mass is 493 g/mol. The number of fused-ring (bicyclic) bond motifs is 5. The second-order valence-corrected chi connectivity index (χ2v) is 12.2. The van der Waals surface area contributed by atoms with Gasteiger partial charge in [-0.25, -0.2) is 4.39 Å². The number of halogens is 1. The van der Waals surface area contributed by atoms with Gasteiger partial charge in [0.15, 0.2) is 17.2 Å². The molecule has 0 aromatic carbocycles. The highest BCUT2D eigenvalue weighted by molar-refractivity contribution is 7.99. The Bertz CT molecular complexity index is 967. The summed E-state index contributed by atoms with van der Waals surface area (Å²) >= 11 is 1.36. The van der Waals surface area contributed by atoms with E-state index < -0.39 is 34.1 Å². The van der Waals surface area contributed by atoms with Gasteiger partial charge in [-0.2, -0.15) is 11.8 Å². The van der Waals surface area contributed by atoms with Gasteiger partial charge in [-0.05, 0) is 56.6 Å². The van der Waals surface area contributed by atoms with E-state index in [2.05, 4.69) is 5.32 Å². The zero-order valence-corrected chi connectivity index (χ0v) is 21.2. The van der Waals surface area contributed by atoms with Crippen LogP contribution < -0.4 is 5.32 Å². The Labute approximate surface area is 204 Å². The van der Waals surface area contributed by atoms with Gasteiger partial charge in [0.1, 0.15) is 5.60 Å². The molecule has 4 aliphatic rings. The number of hydrogen-bond acceptors (Lipinski definition) is 6. The van der Waals surface area contributed by atoms with E-state index in [9.17, 15) is 24.6 Å². The summed E-state index contributed by atoms with van der Waals surface area (Å²) in [7, 11) is 0. The summed E-state index contributed by atoms with van der Waals surface area (Å²) in [6, 6.07) is 0. The van der Waals surface area contributed by atoms with Crippen LogP contribution in [-0.2, 0) is 14.4 Å². The predicted octanol–water partition coefficient (Wildman–Crippen LogP) is 2.77. The van der Waals surface area contributed by atoms with E-state index in [0.29, 0.717) is 37.1 Å². The van der Waals surface area contributed by atoms with Gasteiger partial charge < -0.3 is 15.5 Å². The third kappa shape index (κ3) is 3.39. The number of rotatable bonds is 6. The summed E-state index contributed by atoms with van der Waals surface area (Å²) in [5.41, 5.74) is -4.95. The highest BCUT2D eigenvalue weighted by Gasteiger charge is 2.75. The molecule has 6 nitrogen and oxygen atoms in total. The highest BCUT2D eigenvalue weighted by Crippen LogP contribution is 2.70. The van der Waals surface area contributed by atoms with Crippen molar-refractivity contribution in [2.24, 2.45) is 28.6 Å². The average molecular weight is 494 g/mol. The van der Waals surface area contributed by atoms with Crippen LogP contribution in [0.5, 0.6) is 0 Å². The van der Waals surface area contributed by atoms with Crippen molar-refractivity contribution >= 4 is 29.2 Å². The number of carbonyl (C=O) groups is 3. The molecule has 34 heavy (non-hydrogen) atoms. The molecule has 3 fully saturated rings. The number of allylic oxidation sites excluding steroid dienone is 4. The lowest BCUT2D eigenvalue weighted by Crippen LogP contribution is -2.69. The first-order chi connectivity index (χ1) is 15.8. The van der Waals surface area contributed by atoms with Gasteiger partial charge >= 0.3 is 0 Å². The third-order valence-electron chi connectivity index (χ3n) is 9.50. The van der Waals surface area contributed by atoms with Gasteiger partial charge in [0.2, 0.25) is 5.91 Å². The molecule has 188 valence electrons. The van der Waals surface area contributed by atoms with E-state index in [1.807, 2.05) is 13.8 Å². The minimum atomic E-state index is -1.97. The van der Waals surface area contributed by atoms with Crippen molar-refractivity contribution in [2.45, 2.75) is 70.8 Å². The zero-order chi connectivity index (χ0) is 25.1. The molecule has 3 N–H and O–H groups in total. The number of aliphatic hydroxyl groups is 2. The Morgan fingerprint density at radius 2 is 2.00 bits per heavy atom. The van der Waals surface area contributed by atoms with Crippen molar-refractivity contribution in [3.63, 3.8) is 0 Å². The van der Waals surface area contributed by atoms with Gasteiger partial charge in [-0.15, -0.1) is 0 Å². The van der Waals surface area contributed by atoms with Crippen molar-refractivity contribution in [2.75, 3.05) is 18.1 Å². The largest absolute Gasteiger partial charge is 0.390 e. The fourth-order valence-corrected chi connectivity index (χ4v) is 8.51. The highest BCUT2D eigenvalue weighted by atomic mass is 32.2. The second kappa shape index (κ2) is 8.56. The number of alkyl halides is 1. The normalized spacial score (nSPS) is 45.1. The van der Waals surface area contributed by atoms with E-state index in [1.54, 1.807) is 13.0 Å². The van der Waals surface area contributed by atoms with Crippen LogP contribution >= 0.6 is 11.8 Å². The van der Waals surface area contributed by atoms with Gasteiger partial charge in [-0.1, -0.05) is 25.5 Å². The van der Waals surface area contributed by atoms with Crippen LogP contribution in [0.25, 0.3) is 0 Å². The molecule has 8 atom stereocenters. The van der Waals surface area contributed by atoms with Crippen molar-refractivity contribution in [3.8, 4) is 0 Å². The smallest absolute Gasteiger partial charge is 0.216 e. The maximum atomic E-state index is 17.1. The van der Waals surface area contributed by atoms with Crippen molar-refractivity contribution in [1.82, 2.24) is 5.32 Å². The maximum absolute atomic E-state index is 17.1. The molecule has 0 spiro atoms. The van der Waals surface area contributed by atoms with Crippen molar-refractivity contribution in [3.05, 3.63) is 23.8 Å². The Balaban J connectivity index is 1.61. The topological polar surface area (TPSA) is 104 Å². The Morgan fingerprint density at radius 3 is 2.68 bits per heavy atom. The summed E-state index contributed by atoms with van der Waals surface area (Å²) in [5, 5.41) is 26.0. The van der Waals surface area contributed by atoms with Crippen LogP contribution in [0.3, 0.4) is 0 Å². The summed E-state index contributed by atoms with van der Waals surface area (Å²) in [6.45, 7) is 7.34. The van der Waals surface area contributed by atoms with Crippen LogP contribution in [0.4, 0.5) is 4.39 Å². The van der Waals surface area contributed by atoms with Crippen molar-refractivity contribution < 1.29 is 29.0 Å². The lowest BCUT2D eigenvalue weighted by molar-refractivity contribution is -0.218. The molecule has 8 heteroatoms. The predicted molar refractivity (Wildman–Crippen MR) is 129 cm³/mol. The fraction of sp³-hybridized carbons (Fsp3) is 0.731. The van der Waals surface area contributed by atoms with Gasteiger partial charge in [0.25, 0.3) is 0 Å². The molecule has 0 aromatic rings. The lowest BCUT2D eigenvalue weighted by atomic mass is 9.44.